The molecule has 5 heterocycles. The van der Waals surface area contributed by atoms with E-state index >= 15 is 0 Å². The van der Waals surface area contributed by atoms with E-state index in [2.05, 4.69) is 168 Å². The second-order valence-electron chi connectivity index (χ2n) is 16.0. The molecule has 62 heavy (non-hydrogen) atoms. The molecule has 0 unspecified atom stereocenters. The topological polar surface area (TPSA) is 57.0 Å². The minimum atomic E-state index is 0.678. The van der Waals surface area contributed by atoms with Gasteiger partial charge in [0.15, 0.2) is 5.82 Å². The number of benzene rings is 9. The second kappa shape index (κ2) is 12.7. The molecule has 288 valence electrons. The van der Waals surface area contributed by atoms with Crippen LogP contribution in [0.2, 0.25) is 0 Å². The average molecular weight is 810 g/mol. The van der Waals surface area contributed by atoms with Gasteiger partial charge in [0.1, 0.15) is 27.2 Å². The Kier molecular flexibility index (Phi) is 6.92. The van der Waals surface area contributed by atoms with Crippen molar-refractivity contribution in [3.63, 3.8) is 0 Å². The van der Waals surface area contributed by atoms with Crippen LogP contribution in [-0.2, 0) is 0 Å². The molecule has 0 saturated heterocycles. The molecule has 9 aromatic carbocycles. The molecule has 0 fully saturated rings. The van der Waals surface area contributed by atoms with Crippen LogP contribution in [0.3, 0.4) is 0 Å². The van der Waals surface area contributed by atoms with Crippen molar-refractivity contribution in [2.45, 2.75) is 0 Å². The molecule has 0 saturated carbocycles. The van der Waals surface area contributed by atoms with Crippen LogP contribution in [0.1, 0.15) is 0 Å². The normalized spacial score (nSPS) is 12.2. The van der Waals surface area contributed by atoms with E-state index in [-0.39, 0.29) is 0 Å². The molecule has 14 rings (SSSR count). The van der Waals surface area contributed by atoms with Crippen molar-refractivity contribution in [1.29, 1.82) is 0 Å². The number of aromatic nitrogens is 3. The maximum atomic E-state index is 6.94. The summed E-state index contributed by atoms with van der Waals surface area (Å²) in [7, 11) is 0. The number of thiophene rings is 1. The van der Waals surface area contributed by atoms with Gasteiger partial charge in [-0.25, -0.2) is 9.97 Å². The van der Waals surface area contributed by atoms with Gasteiger partial charge in [-0.2, -0.15) is 0 Å². The third-order valence-corrected chi connectivity index (χ3v) is 13.7. The van der Waals surface area contributed by atoms with E-state index in [4.69, 9.17) is 18.8 Å². The number of rotatable bonds is 4. The molecule has 5 aromatic heterocycles. The van der Waals surface area contributed by atoms with Crippen LogP contribution >= 0.6 is 11.3 Å². The highest BCUT2D eigenvalue weighted by atomic mass is 32.1. The van der Waals surface area contributed by atoms with Gasteiger partial charge in [0.2, 0.25) is 0 Å². The highest BCUT2D eigenvalue weighted by Crippen LogP contribution is 2.47. The van der Waals surface area contributed by atoms with Gasteiger partial charge in [0.05, 0.1) is 27.8 Å². The molecule has 0 aliphatic rings. The maximum Gasteiger partial charge on any atom is 0.162 e. The van der Waals surface area contributed by atoms with E-state index in [1.165, 1.54) is 27.1 Å². The van der Waals surface area contributed by atoms with Gasteiger partial charge in [-0.1, -0.05) is 140 Å². The summed E-state index contributed by atoms with van der Waals surface area (Å²) in [5.74, 6) is 0.678. The highest BCUT2D eigenvalue weighted by Gasteiger charge is 2.24. The number of para-hydroxylation sites is 3. The SMILES string of the molecule is c1ccc(-c2nc(-c3cccc4oc5ccccc5c34)nc3sc4ccc(-c5ccc(-n6c7ccccc7c7ccc8ccccc8c76)c6c5oc5ccccc56)cc4c23)cc1. The standard InChI is InChI=1S/C56H31N3O2S/c1-2-14-33(15-3-1)52-51-42-31-34(26-30-48(42)62-56(51)58-55(57-52)41-20-12-24-47-49(41)39-18-7-10-22-45(39)60-47)36-28-29-44(50-40-19-8-11-23-46(40)61-54(36)50)59-43-21-9-6-17-37(43)38-27-25-32-13-4-5-16-35(32)53(38)59/h1-31H. The van der Waals surface area contributed by atoms with Crippen LogP contribution in [0, 0.1) is 0 Å². The molecule has 0 N–H and O–H groups in total. The number of furan rings is 2. The number of fused-ring (bicyclic) bond motifs is 14. The van der Waals surface area contributed by atoms with Gasteiger partial charge < -0.3 is 13.4 Å². The summed E-state index contributed by atoms with van der Waals surface area (Å²) >= 11 is 1.70. The summed E-state index contributed by atoms with van der Waals surface area (Å²) in [6.45, 7) is 0. The lowest BCUT2D eigenvalue weighted by molar-refractivity contribution is 0.669. The summed E-state index contributed by atoms with van der Waals surface area (Å²) in [6.07, 6.45) is 0. The van der Waals surface area contributed by atoms with E-state index < -0.39 is 0 Å². The summed E-state index contributed by atoms with van der Waals surface area (Å²) in [4.78, 5) is 11.7. The van der Waals surface area contributed by atoms with Gasteiger partial charge in [0, 0.05) is 64.5 Å². The first-order valence-electron chi connectivity index (χ1n) is 20.8. The van der Waals surface area contributed by atoms with Crippen LogP contribution in [0.15, 0.2) is 197 Å². The van der Waals surface area contributed by atoms with E-state index in [0.717, 1.165) is 103 Å². The summed E-state index contributed by atoms with van der Waals surface area (Å²) in [5, 5.41) is 11.3. The zero-order chi connectivity index (χ0) is 40.5. The Bertz CT molecular complexity index is 4170. The zero-order valence-electron chi connectivity index (χ0n) is 33.0. The maximum absolute atomic E-state index is 6.94. The lowest BCUT2D eigenvalue weighted by Crippen LogP contribution is -1.96. The summed E-state index contributed by atoms with van der Waals surface area (Å²) in [5.41, 5.74) is 11.8. The largest absolute Gasteiger partial charge is 0.456 e. The zero-order valence-corrected chi connectivity index (χ0v) is 33.8. The predicted octanol–water partition coefficient (Wildman–Crippen LogP) is 15.9. The quantitative estimate of drug-likeness (QED) is 0.178. The molecule has 0 aliphatic carbocycles. The molecule has 6 heteroatoms. The molecule has 0 amide bonds. The molecule has 0 aliphatic heterocycles. The summed E-state index contributed by atoms with van der Waals surface area (Å²) in [6, 6.07) is 66.5. The van der Waals surface area contributed by atoms with Crippen molar-refractivity contribution in [2.24, 2.45) is 0 Å². The van der Waals surface area contributed by atoms with Crippen LogP contribution in [0.5, 0.6) is 0 Å². The Labute approximate surface area is 357 Å². The average Bonchev–Trinajstić information content (AvgIpc) is 4.10. The first-order chi connectivity index (χ1) is 30.7. The first kappa shape index (κ1) is 33.7. The highest BCUT2D eigenvalue weighted by molar-refractivity contribution is 7.25. The predicted molar refractivity (Wildman–Crippen MR) is 258 cm³/mol. The van der Waals surface area contributed by atoms with Crippen molar-refractivity contribution in [3.05, 3.63) is 188 Å². The van der Waals surface area contributed by atoms with Crippen LogP contribution in [0.25, 0.3) is 136 Å². The fourth-order valence-corrected chi connectivity index (χ4v) is 11.0. The Hall–Kier alpha value is -8.06. The van der Waals surface area contributed by atoms with E-state index in [1.807, 2.05) is 24.3 Å². The smallest absolute Gasteiger partial charge is 0.162 e. The molecule has 14 aromatic rings. The van der Waals surface area contributed by atoms with Crippen LogP contribution < -0.4 is 0 Å². The third kappa shape index (κ3) is 4.72. The van der Waals surface area contributed by atoms with Gasteiger partial charge in [-0.15, -0.1) is 11.3 Å². The molecule has 0 atom stereocenters. The second-order valence-corrected chi connectivity index (χ2v) is 17.0. The molecular formula is C56H31N3O2S. The number of nitrogens with zero attached hydrogens (tertiary/aromatic N) is 3. The fraction of sp³-hybridized carbons (Fsp3) is 0. The van der Waals surface area contributed by atoms with E-state index in [0.29, 0.717) is 5.82 Å². The van der Waals surface area contributed by atoms with Crippen LogP contribution in [-0.4, -0.2) is 14.5 Å². The van der Waals surface area contributed by atoms with Crippen molar-refractivity contribution in [3.8, 4) is 39.5 Å². The molecule has 0 radical (unpaired) electrons. The lowest BCUT2D eigenvalue weighted by atomic mass is 9.98. The van der Waals surface area contributed by atoms with Gasteiger partial charge >= 0.3 is 0 Å². The Balaban J connectivity index is 1.03. The fourth-order valence-electron chi connectivity index (χ4n) is 9.93. The van der Waals surface area contributed by atoms with Gasteiger partial charge in [-0.05, 0) is 59.5 Å². The first-order valence-corrected chi connectivity index (χ1v) is 21.6. The minimum Gasteiger partial charge on any atom is -0.456 e. The Morgan fingerprint density at radius 2 is 1.16 bits per heavy atom. The molecule has 5 nitrogen and oxygen atoms in total. The van der Waals surface area contributed by atoms with Crippen molar-refractivity contribution < 1.29 is 8.83 Å². The molecular weight excluding hydrogens is 779 g/mol. The van der Waals surface area contributed by atoms with Crippen molar-refractivity contribution in [2.75, 3.05) is 0 Å². The Morgan fingerprint density at radius 3 is 2.03 bits per heavy atom. The monoisotopic (exact) mass is 809 g/mol. The van der Waals surface area contributed by atoms with Crippen LogP contribution in [0.4, 0.5) is 0 Å². The number of hydrogen-bond donors (Lipinski definition) is 0. The molecule has 0 bridgehead atoms. The Morgan fingerprint density at radius 1 is 0.435 bits per heavy atom. The minimum absolute atomic E-state index is 0.678. The van der Waals surface area contributed by atoms with E-state index in [1.54, 1.807) is 11.3 Å². The summed E-state index contributed by atoms with van der Waals surface area (Å²) < 4.78 is 16.8. The van der Waals surface area contributed by atoms with Crippen molar-refractivity contribution in [1.82, 2.24) is 14.5 Å². The van der Waals surface area contributed by atoms with Crippen molar-refractivity contribution >= 4 is 108 Å². The molecule has 0 spiro atoms. The van der Waals surface area contributed by atoms with Gasteiger partial charge in [0.25, 0.3) is 0 Å². The van der Waals surface area contributed by atoms with E-state index in [9.17, 15) is 0 Å². The number of hydrogen-bond acceptors (Lipinski definition) is 5. The lowest BCUT2D eigenvalue weighted by Gasteiger charge is -2.13. The third-order valence-electron chi connectivity index (χ3n) is 12.6. The van der Waals surface area contributed by atoms with Gasteiger partial charge in [-0.3, -0.25) is 0 Å².